The van der Waals surface area contributed by atoms with Crippen LogP contribution >= 0.6 is 11.3 Å². The van der Waals surface area contributed by atoms with Crippen molar-refractivity contribution in [2.24, 2.45) is 0 Å². The number of nitrogens with zero attached hydrogens (tertiary/aromatic N) is 1. The first kappa shape index (κ1) is 17.9. The predicted octanol–water partition coefficient (Wildman–Crippen LogP) is 3.85. The van der Waals surface area contributed by atoms with Crippen LogP contribution in [0.3, 0.4) is 0 Å². The molecule has 0 spiro atoms. The molecule has 0 saturated carbocycles. The van der Waals surface area contributed by atoms with E-state index in [0.717, 1.165) is 6.42 Å². The molecule has 134 valence electrons. The van der Waals surface area contributed by atoms with Gasteiger partial charge >= 0.3 is 0 Å². The Morgan fingerprint density at radius 1 is 1.15 bits per heavy atom. The van der Waals surface area contributed by atoms with Crippen LogP contribution in [0.1, 0.15) is 35.5 Å². The van der Waals surface area contributed by atoms with E-state index in [1.54, 1.807) is 12.1 Å². The van der Waals surface area contributed by atoms with E-state index in [4.69, 9.17) is 4.42 Å². The fourth-order valence-corrected chi connectivity index (χ4v) is 3.02. The third kappa shape index (κ3) is 4.37. The highest BCUT2D eigenvalue weighted by atomic mass is 32.1. The molecule has 7 heteroatoms. The minimum atomic E-state index is -0.195. The second kappa shape index (κ2) is 7.97. The molecule has 0 bridgehead atoms. The van der Waals surface area contributed by atoms with Crippen molar-refractivity contribution in [3.8, 4) is 11.5 Å². The molecule has 3 rings (SSSR count). The number of anilines is 1. The summed E-state index contributed by atoms with van der Waals surface area (Å²) >= 11 is 1.33. The van der Waals surface area contributed by atoms with Gasteiger partial charge < -0.3 is 9.73 Å². The van der Waals surface area contributed by atoms with Crippen molar-refractivity contribution < 1.29 is 14.0 Å². The average molecular weight is 369 g/mol. The van der Waals surface area contributed by atoms with Crippen LogP contribution in [0, 0.1) is 0 Å². The number of thiazole rings is 1. The first-order valence-electron chi connectivity index (χ1n) is 8.24. The molecule has 0 unspecified atom stereocenters. The smallest absolute Gasteiger partial charge is 0.257 e. The van der Waals surface area contributed by atoms with Gasteiger partial charge in [0, 0.05) is 17.9 Å². The van der Waals surface area contributed by atoms with Gasteiger partial charge in [0.05, 0.1) is 6.54 Å². The summed E-state index contributed by atoms with van der Waals surface area (Å²) in [6, 6.07) is 11.1. The van der Waals surface area contributed by atoms with E-state index >= 15 is 0 Å². The summed E-state index contributed by atoms with van der Waals surface area (Å²) in [4.78, 5) is 27.6. The van der Waals surface area contributed by atoms with Crippen molar-refractivity contribution in [2.45, 2.75) is 26.8 Å². The quantitative estimate of drug-likeness (QED) is 0.691. The van der Waals surface area contributed by atoms with Gasteiger partial charge in [0.2, 0.25) is 5.91 Å². The number of hydrogen-bond acceptors (Lipinski definition) is 5. The summed E-state index contributed by atoms with van der Waals surface area (Å²) in [5.74, 6) is 0.923. The number of benzene rings is 1. The number of carbonyl (C=O) groups is 2. The molecular formula is C19H19N3O3S. The molecule has 2 aromatic heterocycles. The Morgan fingerprint density at radius 2 is 1.92 bits per heavy atom. The largest absolute Gasteiger partial charge is 0.458 e. The zero-order chi connectivity index (χ0) is 18.5. The third-order valence-electron chi connectivity index (χ3n) is 3.77. The molecule has 0 aliphatic rings. The molecule has 0 saturated heterocycles. The number of carbonyl (C=O) groups excluding carboxylic acids is 2. The lowest BCUT2D eigenvalue weighted by molar-refractivity contribution is -0.119. The molecule has 0 aliphatic carbocycles. The molecule has 1 aromatic carbocycles. The second-order valence-corrected chi connectivity index (χ2v) is 6.58. The molecule has 0 aliphatic heterocycles. The highest BCUT2D eigenvalue weighted by Gasteiger charge is 2.12. The van der Waals surface area contributed by atoms with Crippen LogP contribution in [0.2, 0.25) is 0 Å². The van der Waals surface area contributed by atoms with Gasteiger partial charge in [-0.15, -0.1) is 11.3 Å². The van der Waals surface area contributed by atoms with Crippen molar-refractivity contribution in [3.63, 3.8) is 0 Å². The lowest BCUT2D eigenvalue weighted by Crippen LogP contribution is -2.18. The van der Waals surface area contributed by atoms with Gasteiger partial charge in [-0.3, -0.25) is 14.9 Å². The monoisotopic (exact) mass is 369 g/mol. The minimum Gasteiger partial charge on any atom is -0.458 e. The van der Waals surface area contributed by atoms with E-state index in [-0.39, 0.29) is 11.8 Å². The van der Waals surface area contributed by atoms with Gasteiger partial charge in [0.15, 0.2) is 10.9 Å². The number of furan rings is 1. The SMILES string of the molecule is CCc1ccc(C(=O)Nc2nc(-c3ccc(CNC(C)=O)o3)cs2)cc1. The van der Waals surface area contributed by atoms with Crippen LogP contribution in [0.15, 0.2) is 46.2 Å². The van der Waals surface area contributed by atoms with Crippen molar-refractivity contribution in [2.75, 3.05) is 5.32 Å². The predicted molar refractivity (Wildman–Crippen MR) is 101 cm³/mol. The Balaban J connectivity index is 1.65. The van der Waals surface area contributed by atoms with Crippen LogP contribution in [-0.4, -0.2) is 16.8 Å². The van der Waals surface area contributed by atoms with Gasteiger partial charge in [-0.2, -0.15) is 0 Å². The normalized spacial score (nSPS) is 10.5. The summed E-state index contributed by atoms with van der Waals surface area (Å²) in [6.45, 7) is 3.86. The first-order valence-corrected chi connectivity index (χ1v) is 9.12. The van der Waals surface area contributed by atoms with Crippen molar-refractivity contribution >= 4 is 28.3 Å². The Bertz CT molecular complexity index is 912. The molecule has 2 N–H and O–H groups in total. The maximum atomic E-state index is 12.3. The maximum Gasteiger partial charge on any atom is 0.257 e. The fraction of sp³-hybridized carbons (Fsp3) is 0.211. The zero-order valence-electron chi connectivity index (χ0n) is 14.5. The van der Waals surface area contributed by atoms with Gasteiger partial charge in [0.1, 0.15) is 11.5 Å². The Kier molecular flexibility index (Phi) is 5.48. The number of rotatable bonds is 6. The standard InChI is InChI=1S/C19H19N3O3S/c1-3-13-4-6-14(7-5-13)18(24)22-19-21-16(11-26-19)17-9-8-15(25-17)10-20-12(2)23/h4-9,11H,3,10H2,1-2H3,(H,20,23)(H,21,22,24). The molecule has 0 atom stereocenters. The third-order valence-corrected chi connectivity index (χ3v) is 4.53. The van der Waals surface area contributed by atoms with Gasteiger partial charge in [-0.1, -0.05) is 19.1 Å². The number of nitrogens with one attached hydrogen (secondary N) is 2. The van der Waals surface area contributed by atoms with E-state index in [0.29, 0.717) is 34.5 Å². The molecule has 2 heterocycles. The fourth-order valence-electron chi connectivity index (χ4n) is 2.33. The van der Waals surface area contributed by atoms with E-state index in [9.17, 15) is 9.59 Å². The lowest BCUT2D eigenvalue weighted by Gasteiger charge is -2.02. The van der Waals surface area contributed by atoms with Crippen LogP contribution in [-0.2, 0) is 17.8 Å². The summed E-state index contributed by atoms with van der Waals surface area (Å²) in [6.07, 6.45) is 0.935. The number of aryl methyl sites for hydroxylation is 1. The maximum absolute atomic E-state index is 12.3. The first-order chi connectivity index (χ1) is 12.5. The molecular weight excluding hydrogens is 350 g/mol. The number of hydrogen-bond donors (Lipinski definition) is 2. The molecule has 3 aromatic rings. The van der Waals surface area contributed by atoms with Crippen LogP contribution in [0.25, 0.3) is 11.5 Å². The van der Waals surface area contributed by atoms with Crippen LogP contribution in [0.5, 0.6) is 0 Å². The molecule has 6 nitrogen and oxygen atoms in total. The topological polar surface area (TPSA) is 84.2 Å². The lowest BCUT2D eigenvalue weighted by atomic mass is 10.1. The summed E-state index contributed by atoms with van der Waals surface area (Å²) < 4.78 is 5.67. The number of amides is 2. The Hall–Kier alpha value is -2.93. The van der Waals surface area contributed by atoms with Gasteiger partial charge in [0.25, 0.3) is 5.91 Å². The molecule has 2 amide bonds. The van der Waals surface area contributed by atoms with Crippen LogP contribution in [0.4, 0.5) is 5.13 Å². The minimum absolute atomic E-state index is 0.117. The van der Waals surface area contributed by atoms with Gasteiger partial charge in [-0.05, 0) is 36.2 Å². The molecule has 0 radical (unpaired) electrons. The Labute approximate surface area is 155 Å². The van der Waals surface area contributed by atoms with Gasteiger partial charge in [-0.25, -0.2) is 4.98 Å². The summed E-state index contributed by atoms with van der Waals surface area (Å²) in [5.41, 5.74) is 2.42. The van der Waals surface area contributed by atoms with E-state index in [2.05, 4.69) is 22.5 Å². The molecule has 26 heavy (non-hydrogen) atoms. The van der Waals surface area contributed by atoms with Crippen LogP contribution < -0.4 is 10.6 Å². The van der Waals surface area contributed by atoms with E-state index in [1.165, 1.54) is 23.8 Å². The van der Waals surface area contributed by atoms with E-state index < -0.39 is 0 Å². The Morgan fingerprint density at radius 3 is 2.62 bits per heavy atom. The van der Waals surface area contributed by atoms with Crippen molar-refractivity contribution in [1.29, 1.82) is 0 Å². The number of aromatic nitrogens is 1. The van der Waals surface area contributed by atoms with E-state index in [1.807, 2.05) is 29.6 Å². The zero-order valence-corrected chi connectivity index (χ0v) is 15.4. The highest BCUT2D eigenvalue weighted by Crippen LogP contribution is 2.27. The van der Waals surface area contributed by atoms with Crippen molar-refractivity contribution in [1.82, 2.24) is 10.3 Å². The highest BCUT2D eigenvalue weighted by molar-refractivity contribution is 7.14. The van der Waals surface area contributed by atoms with Crippen molar-refractivity contribution in [3.05, 3.63) is 58.7 Å². The second-order valence-electron chi connectivity index (χ2n) is 5.72. The average Bonchev–Trinajstić information content (AvgIpc) is 3.29. The summed E-state index contributed by atoms with van der Waals surface area (Å²) in [5, 5.41) is 7.80. The summed E-state index contributed by atoms with van der Waals surface area (Å²) in [7, 11) is 0. The molecule has 0 fully saturated rings.